The first-order valence-electron chi connectivity index (χ1n) is 9.68. The number of carbonyl (C=O) groups excluding carboxylic acids is 2. The Labute approximate surface area is 192 Å². The first kappa shape index (κ1) is 30.2. The van der Waals surface area contributed by atoms with E-state index in [1.807, 2.05) is 27.7 Å². The summed E-state index contributed by atoms with van der Waals surface area (Å²) in [5, 5.41) is 21.8. The zero-order valence-electron chi connectivity index (χ0n) is 17.4. The van der Waals surface area contributed by atoms with Crippen molar-refractivity contribution in [2.24, 2.45) is 10.8 Å². The average Bonchev–Trinajstić information content (AvgIpc) is 2.58. The van der Waals surface area contributed by atoms with Crippen molar-refractivity contribution in [1.82, 2.24) is 0 Å². The zero-order chi connectivity index (χ0) is 19.2. The van der Waals surface area contributed by atoms with Gasteiger partial charge in [0.25, 0.3) is 0 Å². The molecule has 0 unspecified atom stereocenters. The monoisotopic (exact) mass is 430 g/mol. The van der Waals surface area contributed by atoms with Gasteiger partial charge in [0.15, 0.2) is 0 Å². The summed E-state index contributed by atoms with van der Waals surface area (Å²) in [5.41, 5.74) is -1.12. The molecule has 0 radical (unpaired) electrons. The van der Waals surface area contributed by atoms with Crippen LogP contribution in [-0.2, 0) is 9.59 Å². The normalized spacial score (nSPS) is 11.1. The van der Waals surface area contributed by atoms with E-state index in [2.05, 4.69) is 13.8 Å². The molecule has 144 valence electrons. The predicted molar refractivity (Wildman–Crippen MR) is 101 cm³/mol. The molecule has 0 rings (SSSR count). The Bertz CT molecular complexity index is 314. The molecule has 0 fully saturated rings. The van der Waals surface area contributed by atoms with E-state index in [-0.39, 0.29) is 45.5 Å². The molecule has 0 atom stereocenters. The van der Waals surface area contributed by atoms with Crippen LogP contribution < -0.4 is 10.2 Å². The summed E-state index contributed by atoms with van der Waals surface area (Å²) in [7, 11) is 0. The second-order valence-corrected chi connectivity index (χ2v) is 6.76. The topological polar surface area (TPSA) is 80.3 Å². The number of rotatable bonds is 12. The second-order valence-electron chi connectivity index (χ2n) is 6.76. The van der Waals surface area contributed by atoms with Crippen LogP contribution in [0.2, 0.25) is 0 Å². The van der Waals surface area contributed by atoms with Crippen molar-refractivity contribution < 1.29 is 19.8 Å². The first-order valence-corrected chi connectivity index (χ1v) is 9.68. The van der Waals surface area contributed by atoms with Gasteiger partial charge in [-0.2, -0.15) is 0 Å². The molecule has 0 bridgehead atoms. The Morgan fingerprint density at radius 1 is 0.640 bits per heavy atom. The second kappa shape index (κ2) is 16.6. The van der Waals surface area contributed by atoms with Gasteiger partial charge in [-0.1, -0.05) is 67.2 Å². The van der Waals surface area contributed by atoms with Crippen LogP contribution in [0.25, 0.3) is 0 Å². The third-order valence-corrected chi connectivity index (χ3v) is 5.59. The zero-order valence-corrected chi connectivity index (χ0v) is 20.9. The van der Waals surface area contributed by atoms with E-state index in [1.165, 1.54) is 0 Å². The van der Waals surface area contributed by atoms with Crippen LogP contribution in [0.3, 0.4) is 0 Å². The molecule has 0 aliphatic carbocycles. The molecule has 0 aromatic rings. The fourth-order valence-corrected chi connectivity index (χ4v) is 3.02. The van der Waals surface area contributed by atoms with Gasteiger partial charge in [-0.25, -0.2) is 0 Å². The van der Waals surface area contributed by atoms with Crippen molar-refractivity contribution in [3.63, 3.8) is 0 Å². The van der Waals surface area contributed by atoms with Gasteiger partial charge >= 0.3 is 45.5 Å². The van der Waals surface area contributed by atoms with Crippen molar-refractivity contribution in [3.8, 4) is 0 Å². The van der Waals surface area contributed by atoms with Gasteiger partial charge in [0.2, 0.25) is 0 Å². The van der Waals surface area contributed by atoms with Gasteiger partial charge in [-0.05, 0) is 38.5 Å². The molecule has 0 aromatic heterocycles. The summed E-state index contributed by atoms with van der Waals surface area (Å²) >= 11 is 0. The largest absolute Gasteiger partial charge is 2.00 e. The Kier molecular flexibility index (Phi) is 20.0. The SMILES string of the molecule is CCCCC(CC)(CC)C(=O)[O-].CCCCC(CC)(CC)C(=O)[O-].[Sr+2]. The van der Waals surface area contributed by atoms with Gasteiger partial charge in [0.1, 0.15) is 0 Å². The Hall–Kier alpha value is 0.421. The van der Waals surface area contributed by atoms with E-state index >= 15 is 0 Å². The van der Waals surface area contributed by atoms with Gasteiger partial charge in [0.05, 0.1) is 0 Å². The summed E-state index contributed by atoms with van der Waals surface area (Å²) < 4.78 is 0. The molecule has 0 spiro atoms. The molecule has 0 aromatic carbocycles. The van der Waals surface area contributed by atoms with Crippen LogP contribution in [0.5, 0.6) is 0 Å². The molecule has 0 N–H and O–H groups in total. The van der Waals surface area contributed by atoms with Gasteiger partial charge in [-0.15, -0.1) is 0 Å². The fraction of sp³-hybridized carbons (Fsp3) is 0.900. The predicted octanol–water partition coefficient (Wildman–Crippen LogP) is 3.09. The van der Waals surface area contributed by atoms with E-state index < -0.39 is 22.8 Å². The number of carboxylic acid groups (broad SMARTS) is 2. The van der Waals surface area contributed by atoms with Crippen molar-refractivity contribution in [1.29, 1.82) is 0 Å². The third-order valence-electron chi connectivity index (χ3n) is 5.59. The molecule has 0 heterocycles. The van der Waals surface area contributed by atoms with Crippen molar-refractivity contribution >= 4 is 57.4 Å². The van der Waals surface area contributed by atoms with E-state index in [9.17, 15) is 19.8 Å². The third kappa shape index (κ3) is 10.4. The average molecular weight is 430 g/mol. The number of unbranched alkanes of at least 4 members (excludes halogenated alkanes) is 2. The van der Waals surface area contributed by atoms with Crippen molar-refractivity contribution in [2.75, 3.05) is 0 Å². The van der Waals surface area contributed by atoms with Crippen LogP contribution in [0.15, 0.2) is 0 Å². The minimum absolute atomic E-state index is 0. The molecule has 4 nitrogen and oxygen atoms in total. The summed E-state index contributed by atoms with van der Waals surface area (Å²) in [6.45, 7) is 11.9. The Morgan fingerprint density at radius 3 is 1.00 bits per heavy atom. The van der Waals surface area contributed by atoms with Crippen LogP contribution in [-0.4, -0.2) is 57.4 Å². The molecule has 0 saturated heterocycles. The molecule has 0 saturated carbocycles. The maximum atomic E-state index is 10.9. The minimum Gasteiger partial charge on any atom is -0.550 e. The van der Waals surface area contributed by atoms with Gasteiger partial charge in [-0.3, -0.25) is 0 Å². The van der Waals surface area contributed by atoms with E-state index in [0.717, 1.165) is 38.5 Å². The smallest absolute Gasteiger partial charge is 0.550 e. The Morgan fingerprint density at radius 2 is 0.880 bits per heavy atom. The summed E-state index contributed by atoms with van der Waals surface area (Å²) in [5.74, 6) is -1.75. The summed E-state index contributed by atoms with van der Waals surface area (Å²) in [6.07, 6.45) is 8.34. The standard InChI is InChI=1S/2C10H20O2.Sr/c2*1-4-7-8-10(5-2,6-3)9(11)12;/h2*4-8H2,1-3H3,(H,11,12);/q;;+2/p-2. The van der Waals surface area contributed by atoms with E-state index in [1.54, 1.807) is 0 Å². The van der Waals surface area contributed by atoms with Gasteiger partial charge < -0.3 is 19.8 Å². The van der Waals surface area contributed by atoms with Crippen LogP contribution in [0, 0.1) is 10.8 Å². The molecule has 0 amide bonds. The van der Waals surface area contributed by atoms with Crippen LogP contribution in [0.1, 0.15) is 106 Å². The van der Waals surface area contributed by atoms with Crippen molar-refractivity contribution in [3.05, 3.63) is 0 Å². The minimum atomic E-state index is -0.874. The van der Waals surface area contributed by atoms with Gasteiger partial charge in [0, 0.05) is 22.8 Å². The maximum Gasteiger partial charge on any atom is 2.00 e. The quantitative estimate of drug-likeness (QED) is 0.446. The number of hydrogen-bond acceptors (Lipinski definition) is 4. The van der Waals surface area contributed by atoms with Crippen LogP contribution >= 0.6 is 0 Å². The van der Waals surface area contributed by atoms with Crippen molar-refractivity contribution in [2.45, 2.75) is 106 Å². The molecule has 0 aliphatic heterocycles. The Balaban J connectivity index is -0.000000372. The van der Waals surface area contributed by atoms with E-state index in [0.29, 0.717) is 25.7 Å². The first-order chi connectivity index (χ1) is 11.3. The number of aliphatic carboxylic acids is 2. The fourth-order valence-electron chi connectivity index (χ4n) is 3.02. The summed E-state index contributed by atoms with van der Waals surface area (Å²) in [4.78, 5) is 21.8. The van der Waals surface area contributed by atoms with E-state index in [4.69, 9.17) is 0 Å². The molecule has 25 heavy (non-hydrogen) atoms. The molecular formula is C20H38O4Sr. The van der Waals surface area contributed by atoms with Crippen LogP contribution in [0.4, 0.5) is 0 Å². The maximum absolute atomic E-state index is 10.9. The number of hydrogen-bond donors (Lipinski definition) is 0. The molecular weight excluding hydrogens is 392 g/mol. The summed E-state index contributed by atoms with van der Waals surface area (Å²) in [6, 6.07) is 0. The number of carbonyl (C=O) groups is 2. The molecule has 5 heteroatoms. The molecule has 0 aliphatic rings. The number of carboxylic acids is 2.